The summed E-state index contributed by atoms with van der Waals surface area (Å²) in [5.74, 6) is 1.70. The molecule has 0 aromatic heterocycles. The molecule has 2 aromatic carbocycles. The highest BCUT2D eigenvalue weighted by Crippen LogP contribution is 2.41. The second-order valence-electron chi connectivity index (χ2n) is 8.32. The highest BCUT2D eigenvalue weighted by molar-refractivity contribution is 5.48. The van der Waals surface area contributed by atoms with Crippen LogP contribution >= 0.6 is 0 Å². The van der Waals surface area contributed by atoms with E-state index < -0.39 is 0 Å². The van der Waals surface area contributed by atoms with Gasteiger partial charge in [-0.15, -0.1) is 0 Å². The third-order valence-corrected chi connectivity index (χ3v) is 6.95. The number of fused-ring (bicyclic) bond motifs is 1. The Labute approximate surface area is 163 Å². The van der Waals surface area contributed by atoms with Gasteiger partial charge in [-0.25, -0.2) is 0 Å². The number of hydrogen-bond acceptors (Lipinski definition) is 2. The largest absolute Gasteiger partial charge is 0.493 e. The van der Waals surface area contributed by atoms with E-state index in [2.05, 4.69) is 49.4 Å². The highest BCUT2D eigenvalue weighted by Gasteiger charge is 2.42. The molecule has 4 rings (SSSR count). The van der Waals surface area contributed by atoms with E-state index in [9.17, 15) is 0 Å². The fraction of sp³-hybridized carbons (Fsp3) is 0.500. The molecular formula is C24H32NO2+. The molecule has 0 spiro atoms. The molecular weight excluding hydrogens is 334 g/mol. The number of rotatable bonds is 5. The van der Waals surface area contributed by atoms with Crippen LogP contribution < -0.4 is 14.4 Å². The Kier molecular flexibility index (Phi) is 5.14. The molecule has 2 aromatic rings. The van der Waals surface area contributed by atoms with E-state index in [-0.39, 0.29) is 0 Å². The molecule has 27 heavy (non-hydrogen) atoms. The van der Waals surface area contributed by atoms with Crippen LogP contribution in [0.15, 0.2) is 42.5 Å². The SMILES string of the molecule is COc1cc2c(cc1OC)C(C)[NH+](CC1(c3ccccc3)CCCC1)CC2. The van der Waals surface area contributed by atoms with Crippen LogP contribution in [-0.2, 0) is 11.8 Å². The standard InChI is InChI=1S/C24H31NO2/c1-18-21-16-23(27-3)22(26-2)15-19(21)11-14-25(18)17-24(12-7-8-13-24)20-9-5-4-6-10-20/h4-6,9-10,15-16,18H,7-8,11-14,17H2,1-3H3/p+1. The zero-order valence-corrected chi connectivity index (χ0v) is 16.9. The van der Waals surface area contributed by atoms with Gasteiger partial charge in [0, 0.05) is 17.4 Å². The second kappa shape index (κ2) is 7.55. The summed E-state index contributed by atoms with van der Waals surface area (Å²) in [6.07, 6.45) is 6.48. The molecule has 1 N–H and O–H groups in total. The molecule has 2 atom stereocenters. The topological polar surface area (TPSA) is 22.9 Å². The van der Waals surface area contributed by atoms with Gasteiger partial charge in [-0.05, 0) is 43.0 Å². The van der Waals surface area contributed by atoms with Crippen molar-refractivity contribution in [3.05, 3.63) is 59.2 Å². The van der Waals surface area contributed by atoms with Crippen LogP contribution in [0.25, 0.3) is 0 Å². The molecule has 1 aliphatic heterocycles. The summed E-state index contributed by atoms with van der Waals surface area (Å²) in [6.45, 7) is 4.80. The van der Waals surface area contributed by atoms with E-state index >= 15 is 0 Å². The summed E-state index contributed by atoms with van der Waals surface area (Å²) in [7, 11) is 3.45. The van der Waals surface area contributed by atoms with Crippen molar-refractivity contribution in [2.45, 2.75) is 50.5 Å². The number of nitrogens with one attached hydrogen (secondary N) is 1. The Morgan fingerprint density at radius 1 is 1.00 bits per heavy atom. The number of quaternary nitrogens is 1. The first-order chi connectivity index (χ1) is 13.2. The number of ether oxygens (including phenoxy) is 2. The van der Waals surface area contributed by atoms with Gasteiger partial charge in [0.05, 0.1) is 27.3 Å². The zero-order valence-electron chi connectivity index (χ0n) is 16.9. The summed E-state index contributed by atoms with van der Waals surface area (Å²) >= 11 is 0. The predicted molar refractivity (Wildman–Crippen MR) is 109 cm³/mol. The molecule has 3 heteroatoms. The fourth-order valence-electron chi connectivity index (χ4n) is 5.38. The van der Waals surface area contributed by atoms with E-state index in [0.29, 0.717) is 11.5 Å². The minimum Gasteiger partial charge on any atom is -0.493 e. The number of methoxy groups -OCH3 is 2. The van der Waals surface area contributed by atoms with E-state index in [1.807, 2.05) is 0 Å². The fourth-order valence-corrected chi connectivity index (χ4v) is 5.38. The maximum absolute atomic E-state index is 5.57. The summed E-state index contributed by atoms with van der Waals surface area (Å²) in [6, 6.07) is 16.1. The van der Waals surface area contributed by atoms with E-state index in [1.54, 1.807) is 24.7 Å². The quantitative estimate of drug-likeness (QED) is 0.872. The number of benzene rings is 2. The van der Waals surface area contributed by atoms with Crippen molar-refractivity contribution in [3.8, 4) is 11.5 Å². The van der Waals surface area contributed by atoms with Crippen molar-refractivity contribution in [3.63, 3.8) is 0 Å². The van der Waals surface area contributed by atoms with Gasteiger partial charge in [-0.1, -0.05) is 43.2 Å². The first-order valence-electron chi connectivity index (χ1n) is 10.3. The molecule has 3 nitrogen and oxygen atoms in total. The third-order valence-electron chi connectivity index (χ3n) is 6.95. The van der Waals surface area contributed by atoms with Crippen molar-refractivity contribution in [1.29, 1.82) is 0 Å². The Balaban J connectivity index is 1.62. The van der Waals surface area contributed by atoms with Crippen LogP contribution in [0.4, 0.5) is 0 Å². The van der Waals surface area contributed by atoms with Gasteiger partial charge >= 0.3 is 0 Å². The van der Waals surface area contributed by atoms with Gasteiger partial charge in [0.15, 0.2) is 11.5 Å². The van der Waals surface area contributed by atoms with E-state index in [4.69, 9.17) is 9.47 Å². The molecule has 0 bridgehead atoms. The smallest absolute Gasteiger partial charge is 0.161 e. The normalized spacial score (nSPS) is 23.7. The lowest BCUT2D eigenvalue weighted by molar-refractivity contribution is -0.936. The van der Waals surface area contributed by atoms with E-state index in [1.165, 1.54) is 49.9 Å². The summed E-state index contributed by atoms with van der Waals surface area (Å²) in [4.78, 5) is 1.71. The maximum Gasteiger partial charge on any atom is 0.161 e. The van der Waals surface area contributed by atoms with Crippen LogP contribution in [0.3, 0.4) is 0 Å². The Hall–Kier alpha value is -2.00. The molecule has 1 fully saturated rings. The average Bonchev–Trinajstić information content (AvgIpc) is 3.20. The van der Waals surface area contributed by atoms with Gasteiger partial charge in [-0.2, -0.15) is 0 Å². The summed E-state index contributed by atoms with van der Waals surface area (Å²) in [5.41, 5.74) is 4.73. The van der Waals surface area contributed by atoms with Crippen LogP contribution in [0, 0.1) is 0 Å². The molecule has 2 aliphatic rings. The van der Waals surface area contributed by atoms with Gasteiger partial charge in [0.1, 0.15) is 6.04 Å². The Bertz CT molecular complexity index is 780. The summed E-state index contributed by atoms with van der Waals surface area (Å²) < 4.78 is 11.1. The second-order valence-corrected chi connectivity index (χ2v) is 8.32. The van der Waals surface area contributed by atoms with Gasteiger partial charge in [0.2, 0.25) is 0 Å². The zero-order chi connectivity index (χ0) is 18.9. The lowest BCUT2D eigenvalue weighted by Gasteiger charge is -2.39. The first kappa shape index (κ1) is 18.4. The highest BCUT2D eigenvalue weighted by atomic mass is 16.5. The Morgan fingerprint density at radius 3 is 2.33 bits per heavy atom. The van der Waals surface area contributed by atoms with Crippen LogP contribution in [0.1, 0.15) is 55.3 Å². The lowest BCUT2D eigenvalue weighted by atomic mass is 9.77. The molecule has 1 heterocycles. The maximum atomic E-state index is 5.57. The first-order valence-corrected chi connectivity index (χ1v) is 10.3. The lowest BCUT2D eigenvalue weighted by Crippen LogP contribution is -3.14. The van der Waals surface area contributed by atoms with Crippen molar-refractivity contribution in [2.24, 2.45) is 0 Å². The molecule has 0 saturated heterocycles. The predicted octanol–water partition coefficient (Wildman–Crippen LogP) is 3.72. The minimum absolute atomic E-state index is 0.346. The average molecular weight is 367 g/mol. The van der Waals surface area contributed by atoms with Crippen molar-refractivity contribution in [2.75, 3.05) is 27.3 Å². The van der Waals surface area contributed by atoms with Crippen molar-refractivity contribution < 1.29 is 14.4 Å². The van der Waals surface area contributed by atoms with E-state index in [0.717, 1.165) is 17.9 Å². The molecule has 0 radical (unpaired) electrons. The van der Waals surface area contributed by atoms with Gasteiger partial charge in [0.25, 0.3) is 0 Å². The molecule has 1 saturated carbocycles. The molecule has 0 amide bonds. The molecule has 144 valence electrons. The van der Waals surface area contributed by atoms with Crippen LogP contribution in [-0.4, -0.2) is 27.3 Å². The molecule has 2 unspecified atom stereocenters. The monoisotopic (exact) mass is 366 g/mol. The Morgan fingerprint density at radius 2 is 1.67 bits per heavy atom. The van der Waals surface area contributed by atoms with Gasteiger partial charge < -0.3 is 14.4 Å². The number of hydrogen-bond donors (Lipinski definition) is 1. The van der Waals surface area contributed by atoms with Crippen LogP contribution in [0.2, 0.25) is 0 Å². The third kappa shape index (κ3) is 3.34. The van der Waals surface area contributed by atoms with Crippen molar-refractivity contribution in [1.82, 2.24) is 0 Å². The van der Waals surface area contributed by atoms with Gasteiger partial charge in [-0.3, -0.25) is 0 Å². The molecule has 1 aliphatic carbocycles. The minimum atomic E-state index is 0.346. The summed E-state index contributed by atoms with van der Waals surface area (Å²) in [5, 5.41) is 0. The van der Waals surface area contributed by atoms with Crippen molar-refractivity contribution >= 4 is 0 Å². The van der Waals surface area contributed by atoms with Crippen LogP contribution in [0.5, 0.6) is 11.5 Å².